The predicted molar refractivity (Wildman–Crippen MR) is 64.9 cm³/mol. The van der Waals surface area contributed by atoms with Gasteiger partial charge >= 0.3 is 0 Å². The van der Waals surface area contributed by atoms with Crippen LogP contribution in [0, 0.1) is 6.92 Å². The Labute approximate surface area is 99.6 Å². The molecular weight excluding hydrogens is 214 g/mol. The van der Waals surface area contributed by atoms with Crippen molar-refractivity contribution in [3.05, 3.63) is 53.9 Å². The van der Waals surface area contributed by atoms with Crippen molar-refractivity contribution < 1.29 is 4.74 Å². The molecule has 0 N–H and O–H groups in total. The standard InChI is InChI=1S/C13H13N3O/c1-10-3-5-11(6-4-10)13-15-12(9-17-13)16-8-2-7-14-16/h2-8,12H,9H2,1H3. The molecule has 0 saturated carbocycles. The number of aromatic nitrogens is 2. The third-order valence-corrected chi connectivity index (χ3v) is 2.76. The molecular formula is C13H13N3O. The van der Waals surface area contributed by atoms with E-state index in [1.807, 2.05) is 24.4 Å². The van der Waals surface area contributed by atoms with Gasteiger partial charge in [-0.1, -0.05) is 17.7 Å². The number of benzene rings is 1. The maximum absolute atomic E-state index is 5.60. The molecule has 1 aliphatic rings. The van der Waals surface area contributed by atoms with Gasteiger partial charge in [-0.25, -0.2) is 9.67 Å². The van der Waals surface area contributed by atoms with Crippen LogP contribution in [-0.4, -0.2) is 22.3 Å². The lowest BCUT2D eigenvalue weighted by Crippen LogP contribution is -2.08. The Hall–Kier alpha value is -2.10. The molecule has 0 fully saturated rings. The molecule has 86 valence electrons. The molecule has 0 spiro atoms. The second-order valence-corrected chi connectivity index (χ2v) is 4.08. The molecule has 2 heterocycles. The molecule has 2 aromatic rings. The highest BCUT2D eigenvalue weighted by atomic mass is 16.5. The molecule has 17 heavy (non-hydrogen) atoms. The summed E-state index contributed by atoms with van der Waals surface area (Å²) >= 11 is 0. The van der Waals surface area contributed by atoms with Crippen LogP contribution in [0.3, 0.4) is 0 Å². The third kappa shape index (κ3) is 1.93. The molecule has 0 radical (unpaired) electrons. The van der Waals surface area contributed by atoms with E-state index in [9.17, 15) is 0 Å². The maximum Gasteiger partial charge on any atom is 0.218 e. The number of hydrogen-bond donors (Lipinski definition) is 0. The fraction of sp³-hybridized carbons (Fsp3) is 0.231. The van der Waals surface area contributed by atoms with Crippen molar-refractivity contribution in [2.24, 2.45) is 4.99 Å². The van der Waals surface area contributed by atoms with E-state index in [4.69, 9.17) is 4.74 Å². The molecule has 1 aromatic carbocycles. The van der Waals surface area contributed by atoms with Gasteiger partial charge in [0.25, 0.3) is 0 Å². The SMILES string of the molecule is Cc1ccc(C2=NC(n3cccn3)CO2)cc1. The fourth-order valence-electron chi connectivity index (χ4n) is 1.81. The minimum absolute atomic E-state index is 0.0405. The van der Waals surface area contributed by atoms with Crippen molar-refractivity contribution in [2.75, 3.05) is 6.61 Å². The Morgan fingerprint density at radius 1 is 1.29 bits per heavy atom. The summed E-state index contributed by atoms with van der Waals surface area (Å²) in [5.41, 5.74) is 2.25. The highest BCUT2D eigenvalue weighted by Crippen LogP contribution is 2.19. The first-order valence-electron chi connectivity index (χ1n) is 5.60. The van der Waals surface area contributed by atoms with E-state index in [0.717, 1.165) is 5.56 Å². The zero-order valence-corrected chi connectivity index (χ0v) is 9.58. The number of aliphatic imine (C=N–C) groups is 1. The van der Waals surface area contributed by atoms with Crippen LogP contribution in [0.25, 0.3) is 0 Å². The van der Waals surface area contributed by atoms with Crippen LogP contribution in [0.5, 0.6) is 0 Å². The third-order valence-electron chi connectivity index (χ3n) is 2.76. The summed E-state index contributed by atoms with van der Waals surface area (Å²) in [5.74, 6) is 0.700. The van der Waals surface area contributed by atoms with Gasteiger partial charge in [0.1, 0.15) is 6.61 Å². The molecule has 0 saturated heterocycles. The summed E-state index contributed by atoms with van der Waals surface area (Å²) < 4.78 is 7.41. The number of hydrogen-bond acceptors (Lipinski definition) is 3. The highest BCUT2D eigenvalue weighted by molar-refractivity contribution is 5.95. The fourth-order valence-corrected chi connectivity index (χ4v) is 1.81. The van der Waals surface area contributed by atoms with E-state index in [0.29, 0.717) is 12.5 Å². The van der Waals surface area contributed by atoms with E-state index in [-0.39, 0.29) is 6.17 Å². The zero-order chi connectivity index (χ0) is 11.7. The molecule has 1 unspecified atom stereocenters. The average Bonchev–Trinajstić information content (AvgIpc) is 3.00. The smallest absolute Gasteiger partial charge is 0.218 e. The number of nitrogens with zero attached hydrogens (tertiary/aromatic N) is 3. The molecule has 4 nitrogen and oxygen atoms in total. The Bertz CT molecular complexity index is 528. The first-order chi connectivity index (χ1) is 8.33. The van der Waals surface area contributed by atoms with Crippen molar-refractivity contribution in [1.29, 1.82) is 0 Å². The van der Waals surface area contributed by atoms with E-state index in [2.05, 4.69) is 29.1 Å². The molecule has 1 aromatic heterocycles. The maximum atomic E-state index is 5.60. The van der Waals surface area contributed by atoms with Crippen LogP contribution in [0.1, 0.15) is 17.3 Å². The number of aryl methyl sites for hydroxylation is 1. The van der Waals surface area contributed by atoms with Crippen LogP contribution >= 0.6 is 0 Å². The van der Waals surface area contributed by atoms with Crippen molar-refractivity contribution in [2.45, 2.75) is 13.1 Å². The lowest BCUT2D eigenvalue weighted by atomic mass is 10.1. The molecule has 0 amide bonds. The number of ether oxygens (including phenoxy) is 1. The molecule has 4 heteroatoms. The van der Waals surface area contributed by atoms with Gasteiger partial charge in [-0.3, -0.25) is 0 Å². The summed E-state index contributed by atoms with van der Waals surface area (Å²) in [6, 6.07) is 10.1. The quantitative estimate of drug-likeness (QED) is 0.788. The second-order valence-electron chi connectivity index (χ2n) is 4.08. The van der Waals surface area contributed by atoms with Crippen molar-refractivity contribution >= 4 is 5.90 Å². The van der Waals surface area contributed by atoms with Crippen molar-refractivity contribution in [3.8, 4) is 0 Å². The van der Waals surface area contributed by atoms with E-state index < -0.39 is 0 Å². The predicted octanol–water partition coefficient (Wildman–Crippen LogP) is 2.17. The molecule has 0 aliphatic carbocycles. The first kappa shape index (κ1) is 10.1. The van der Waals surface area contributed by atoms with E-state index >= 15 is 0 Å². The van der Waals surface area contributed by atoms with Crippen LogP contribution in [-0.2, 0) is 4.74 Å². The van der Waals surface area contributed by atoms with Crippen molar-refractivity contribution in [3.63, 3.8) is 0 Å². The lowest BCUT2D eigenvalue weighted by molar-refractivity contribution is 0.278. The molecule has 1 atom stereocenters. The van der Waals surface area contributed by atoms with Gasteiger partial charge in [0, 0.05) is 18.0 Å². The second kappa shape index (κ2) is 4.05. The lowest BCUT2D eigenvalue weighted by Gasteiger charge is -2.03. The Morgan fingerprint density at radius 3 is 2.82 bits per heavy atom. The molecule has 3 rings (SSSR count). The Kier molecular flexibility index (Phi) is 2.40. The summed E-state index contributed by atoms with van der Waals surface area (Å²) in [4.78, 5) is 4.53. The number of rotatable bonds is 2. The van der Waals surface area contributed by atoms with Gasteiger partial charge in [-0.2, -0.15) is 5.10 Å². The van der Waals surface area contributed by atoms with Crippen LogP contribution in [0.2, 0.25) is 0 Å². The van der Waals surface area contributed by atoms with Crippen LogP contribution in [0.15, 0.2) is 47.7 Å². The van der Waals surface area contributed by atoms with Gasteiger partial charge in [-0.15, -0.1) is 0 Å². The van der Waals surface area contributed by atoms with Crippen LogP contribution in [0.4, 0.5) is 0 Å². The highest BCUT2D eigenvalue weighted by Gasteiger charge is 2.21. The Balaban J connectivity index is 1.86. The minimum atomic E-state index is -0.0405. The van der Waals surface area contributed by atoms with E-state index in [1.54, 1.807) is 10.9 Å². The van der Waals surface area contributed by atoms with Gasteiger partial charge in [0.15, 0.2) is 6.17 Å². The zero-order valence-electron chi connectivity index (χ0n) is 9.58. The summed E-state index contributed by atoms with van der Waals surface area (Å²) in [7, 11) is 0. The normalized spacial score (nSPS) is 18.9. The minimum Gasteiger partial charge on any atom is -0.473 e. The monoisotopic (exact) mass is 227 g/mol. The van der Waals surface area contributed by atoms with Gasteiger partial charge < -0.3 is 4.74 Å². The average molecular weight is 227 g/mol. The largest absolute Gasteiger partial charge is 0.473 e. The van der Waals surface area contributed by atoms with Crippen LogP contribution < -0.4 is 0 Å². The van der Waals surface area contributed by atoms with E-state index in [1.165, 1.54) is 5.56 Å². The summed E-state index contributed by atoms with van der Waals surface area (Å²) in [6.45, 7) is 2.61. The van der Waals surface area contributed by atoms with Gasteiger partial charge in [-0.05, 0) is 25.1 Å². The first-order valence-corrected chi connectivity index (χ1v) is 5.60. The Morgan fingerprint density at radius 2 is 2.12 bits per heavy atom. The molecule has 1 aliphatic heterocycles. The topological polar surface area (TPSA) is 39.4 Å². The van der Waals surface area contributed by atoms with Gasteiger partial charge in [0.2, 0.25) is 5.90 Å². The van der Waals surface area contributed by atoms with Gasteiger partial charge in [0.05, 0.1) is 0 Å². The molecule has 0 bridgehead atoms. The summed E-state index contributed by atoms with van der Waals surface area (Å²) in [5, 5.41) is 4.17. The van der Waals surface area contributed by atoms with Crippen molar-refractivity contribution in [1.82, 2.24) is 9.78 Å². The summed E-state index contributed by atoms with van der Waals surface area (Å²) in [6.07, 6.45) is 3.61.